The van der Waals surface area contributed by atoms with E-state index >= 15 is 0 Å². The van der Waals surface area contributed by atoms with Gasteiger partial charge in [-0.2, -0.15) is 25.8 Å². The minimum atomic E-state index is -0.232. The van der Waals surface area contributed by atoms with Gasteiger partial charge in [-0.3, -0.25) is 14.3 Å². The van der Waals surface area contributed by atoms with E-state index in [9.17, 15) is 14.9 Å². The molecular weight excluding hydrogens is 472 g/mol. The molecule has 0 aliphatic carbocycles. The molecule has 0 unspecified atom stereocenters. The summed E-state index contributed by atoms with van der Waals surface area (Å²) in [4.78, 5) is 29.6. The van der Waals surface area contributed by atoms with Crippen LogP contribution in [0.25, 0.3) is 0 Å². The molecule has 4 heterocycles. The van der Waals surface area contributed by atoms with E-state index in [2.05, 4.69) is 26.6 Å². The molecule has 3 aromatic rings. The third kappa shape index (κ3) is 5.05. The van der Waals surface area contributed by atoms with Gasteiger partial charge in [0.25, 0.3) is 11.8 Å². The fourth-order valence-corrected chi connectivity index (χ4v) is 4.76. The molecule has 192 valence electrons. The van der Waals surface area contributed by atoms with Gasteiger partial charge in [0.2, 0.25) is 0 Å². The molecular formula is C26H30N8O3. The highest BCUT2D eigenvalue weighted by molar-refractivity contribution is 5.92. The molecule has 0 spiro atoms. The second kappa shape index (κ2) is 9.69. The lowest BCUT2D eigenvalue weighted by molar-refractivity contribution is -0.133. The van der Waals surface area contributed by atoms with E-state index in [1.54, 1.807) is 21.9 Å². The number of ether oxygens (including phenoxy) is 1. The molecule has 1 aromatic carbocycles. The Labute approximate surface area is 215 Å². The molecule has 37 heavy (non-hydrogen) atoms. The Bertz CT molecular complexity index is 1350. The number of fused-ring (bicyclic) bond motifs is 2. The highest BCUT2D eigenvalue weighted by Gasteiger charge is 2.28. The van der Waals surface area contributed by atoms with Crippen LogP contribution in [0.1, 0.15) is 59.5 Å². The summed E-state index contributed by atoms with van der Waals surface area (Å²) in [7, 11) is 0. The Morgan fingerprint density at radius 1 is 1.05 bits per heavy atom. The van der Waals surface area contributed by atoms with Crippen LogP contribution in [-0.2, 0) is 36.1 Å². The number of nitrogens with zero attached hydrogens (tertiary/aromatic N) is 7. The lowest BCUT2D eigenvalue weighted by Crippen LogP contribution is -2.37. The number of nitrogens with one attached hydrogen (secondary N) is 1. The molecule has 1 N–H and O–H groups in total. The number of aromatic amines is 1. The van der Waals surface area contributed by atoms with Gasteiger partial charge in [-0.25, -0.2) is 0 Å². The van der Waals surface area contributed by atoms with Crippen molar-refractivity contribution < 1.29 is 14.3 Å². The Kier molecular flexibility index (Phi) is 6.41. The van der Waals surface area contributed by atoms with Crippen LogP contribution >= 0.6 is 0 Å². The summed E-state index contributed by atoms with van der Waals surface area (Å²) in [6.07, 6.45) is 1.27. The van der Waals surface area contributed by atoms with Gasteiger partial charge in [-0.1, -0.05) is 20.8 Å². The van der Waals surface area contributed by atoms with E-state index in [1.807, 2.05) is 37.6 Å². The minimum Gasteiger partial charge on any atom is -0.483 e. The largest absolute Gasteiger partial charge is 0.483 e. The number of H-pyrrole nitrogens is 1. The Morgan fingerprint density at radius 2 is 1.84 bits per heavy atom. The number of hydrogen-bond acceptors (Lipinski definition) is 7. The van der Waals surface area contributed by atoms with Gasteiger partial charge in [-0.05, 0) is 29.7 Å². The van der Waals surface area contributed by atoms with E-state index in [-0.39, 0.29) is 23.8 Å². The van der Waals surface area contributed by atoms with Crippen molar-refractivity contribution in [3.63, 3.8) is 0 Å². The lowest BCUT2D eigenvalue weighted by Gasteiger charge is -2.25. The zero-order chi connectivity index (χ0) is 26.2. The number of carbonyl (C=O) groups excluding carboxylic acids is 2. The monoisotopic (exact) mass is 502 g/mol. The first-order chi connectivity index (χ1) is 17.7. The molecule has 0 fully saturated rings. The first-order valence-electron chi connectivity index (χ1n) is 12.4. The predicted octanol–water partition coefficient (Wildman–Crippen LogP) is 1.83. The quantitative estimate of drug-likeness (QED) is 0.575. The van der Waals surface area contributed by atoms with Crippen molar-refractivity contribution in [2.75, 3.05) is 26.2 Å². The first-order valence-corrected chi connectivity index (χ1v) is 12.4. The summed E-state index contributed by atoms with van der Waals surface area (Å²) >= 11 is 0. The molecule has 0 saturated heterocycles. The molecule has 2 aliphatic heterocycles. The normalized spacial score (nSPS) is 15.4. The smallest absolute Gasteiger partial charge is 0.274 e. The van der Waals surface area contributed by atoms with Gasteiger partial charge >= 0.3 is 0 Å². The SMILES string of the molecule is CC(C)(C)c1cc(C#N)ccc1OCC(=O)N1CCc2cc(C(=O)N3CCc4n[nH]nc4C3)nn2CC1. The van der Waals surface area contributed by atoms with Crippen LogP contribution in [0.5, 0.6) is 5.75 Å². The summed E-state index contributed by atoms with van der Waals surface area (Å²) < 4.78 is 7.75. The summed E-state index contributed by atoms with van der Waals surface area (Å²) in [5, 5.41) is 24.7. The molecule has 11 heteroatoms. The van der Waals surface area contributed by atoms with Crippen molar-refractivity contribution in [1.82, 2.24) is 35.0 Å². The van der Waals surface area contributed by atoms with Crippen molar-refractivity contribution in [2.45, 2.75) is 52.1 Å². The molecule has 2 aliphatic rings. The highest BCUT2D eigenvalue weighted by atomic mass is 16.5. The maximum Gasteiger partial charge on any atom is 0.274 e. The summed E-state index contributed by atoms with van der Waals surface area (Å²) in [6, 6.07) is 9.27. The van der Waals surface area contributed by atoms with Gasteiger partial charge < -0.3 is 14.5 Å². The van der Waals surface area contributed by atoms with Crippen LogP contribution in [0.15, 0.2) is 24.3 Å². The number of carbonyl (C=O) groups is 2. The van der Waals surface area contributed by atoms with Crippen LogP contribution in [-0.4, -0.2) is 73.0 Å². The van der Waals surface area contributed by atoms with Crippen LogP contribution < -0.4 is 4.74 Å². The molecule has 11 nitrogen and oxygen atoms in total. The molecule has 5 rings (SSSR count). The van der Waals surface area contributed by atoms with Crippen molar-refractivity contribution in [3.05, 3.63) is 58.2 Å². The minimum absolute atomic E-state index is 0.0833. The van der Waals surface area contributed by atoms with E-state index in [0.717, 1.165) is 22.6 Å². The maximum atomic E-state index is 13.1. The lowest BCUT2D eigenvalue weighted by atomic mass is 9.85. The Morgan fingerprint density at radius 3 is 2.62 bits per heavy atom. The van der Waals surface area contributed by atoms with Crippen molar-refractivity contribution in [3.8, 4) is 11.8 Å². The molecule has 0 bridgehead atoms. The van der Waals surface area contributed by atoms with Gasteiger partial charge in [0.15, 0.2) is 12.3 Å². The predicted molar refractivity (Wildman–Crippen MR) is 133 cm³/mol. The molecule has 2 aromatic heterocycles. The van der Waals surface area contributed by atoms with Crippen molar-refractivity contribution >= 4 is 11.8 Å². The van der Waals surface area contributed by atoms with Crippen LogP contribution in [0.2, 0.25) is 0 Å². The third-order valence-corrected chi connectivity index (χ3v) is 6.87. The molecule has 0 atom stereocenters. The van der Waals surface area contributed by atoms with Crippen LogP contribution in [0.3, 0.4) is 0 Å². The molecule has 0 radical (unpaired) electrons. The van der Waals surface area contributed by atoms with Gasteiger partial charge in [-0.15, -0.1) is 0 Å². The number of rotatable bonds is 4. The van der Waals surface area contributed by atoms with E-state index < -0.39 is 0 Å². The fraction of sp³-hybridized carbons (Fsp3) is 0.462. The molecule has 0 saturated carbocycles. The zero-order valence-electron chi connectivity index (χ0n) is 21.3. The van der Waals surface area contributed by atoms with Gasteiger partial charge in [0.1, 0.15) is 11.4 Å². The van der Waals surface area contributed by atoms with Crippen LogP contribution in [0, 0.1) is 11.3 Å². The zero-order valence-corrected chi connectivity index (χ0v) is 21.3. The molecule has 2 amide bonds. The average Bonchev–Trinajstić information content (AvgIpc) is 3.48. The Hall–Kier alpha value is -4.20. The van der Waals surface area contributed by atoms with Gasteiger partial charge in [0.05, 0.1) is 30.4 Å². The van der Waals surface area contributed by atoms with Gasteiger partial charge in [0, 0.05) is 43.7 Å². The fourth-order valence-electron chi connectivity index (χ4n) is 4.76. The Balaban J connectivity index is 1.19. The van der Waals surface area contributed by atoms with E-state index in [4.69, 9.17) is 4.74 Å². The third-order valence-electron chi connectivity index (χ3n) is 6.87. The average molecular weight is 503 g/mol. The van der Waals surface area contributed by atoms with E-state index in [0.29, 0.717) is 62.6 Å². The first kappa shape index (κ1) is 24.5. The second-order valence-corrected chi connectivity index (χ2v) is 10.4. The number of nitriles is 1. The van der Waals surface area contributed by atoms with E-state index in [1.165, 1.54) is 0 Å². The number of benzene rings is 1. The van der Waals surface area contributed by atoms with Crippen LogP contribution in [0.4, 0.5) is 0 Å². The highest BCUT2D eigenvalue weighted by Crippen LogP contribution is 2.32. The summed E-state index contributed by atoms with van der Waals surface area (Å²) in [5.41, 5.74) is 4.28. The maximum absolute atomic E-state index is 13.1. The topological polar surface area (TPSA) is 133 Å². The van der Waals surface area contributed by atoms with Crippen molar-refractivity contribution in [2.24, 2.45) is 0 Å². The summed E-state index contributed by atoms with van der Waals surface area (Å²) in [5.74, 6) is 0.386. The number of amides is 2. The number of hydrogen-bond donors (Lipinski definition) is 1. The standard InChI is InChI=1S/C26H30N8O3/c1-26(2,3)19-12-17(14-27)4-5-23(19)37-16-24(35)32-8-6-18-13-21(30-34(18)11-10-32)25(36)33-9-7-20-22(15-33)29-31-28-20/h4-5,12-13H,6-11,15-16H2,1-3H3,(H,28,29,31). The number of aromatic nitrogens is 5. The van der Waals surface area contributed by atoms with Crippen molar-refractivity contribution in [1.29, 1.82) is 5.26 Å². The summed E-state index contributed by atoms with van der Waals surface area (Å²) in [6.45, 7) is 8.57. The second-order valence-electron chi connectivity index (χ2n) is 10.4.